The Balaban J connectivity index is 2.12. The molecular weight excluding hydrogens is 344 g/mol. The maximum Gasteiger partial charge on any atom is 0.332 e. The van der Waals surface area contributed by atoms with E-state index in [1.807, 2.05) is 26.0 Å². The lowest BCUT2D eigenvalue weighted by Crippen LogP contribution is -2.40. The van der Waals surface area contributed by atoms with Crippen molar-refractivity contribution in [2.75, 3.05) is 6.61 Å². The van der Waals surface area contributed by atoms with E-state index in [1.165, 1.54) is 4.57 Å². The van der Waals surface area contributed by atoms with Crippen LogP contribution in [0.5, 0.6) is 5.75 Å². The number of H-pyrrole nitrogens is 1. The van der Waals surface area contributed by atoms with E-state index < -0.39 is 0 Å². The molecular formula is C20H22N4O3. The predicted octanol–water partition coefficient (Wildman–Crippen LogP) is 2.39. The van der Waals surface area contributed by atoms with Crippen molar-refractivity contribution in [3.8, 4) is 29.5 Å². The molecule has 0 unspecified atom stereocenters. The largest absolute Gasteiger partial charge is 0.481 e. The number of rotatable bonds is 7. The van der Waals surface area contributed by atoms with E-state index in [2.05, 4.69) is 15.9 Å². The summed E-state index contributed by atoms with van der Waals surface area (Å²) in [5.41, 5.74) is 0.876. The monoisotopic (exact) mass is 366 g/mol. The molecule has 0 amide bonds. The number of aryl methyl sites for hydroxylation is 1. The van der Waals surface area contributed by atoms with Crippen molar-refractivity contribution >= 4 is 11.2 Å². The lowest BCUT2D eigenvalue weighted by Gasteiger charge is -2.09. The second kappa shape index (κ2) is 7.96. The molecule has 7 nitrogen and oxygen atoms in total. The van der Waals surface area contributed by atoms with Crippen LogP contribution >= 0.6 is 0 Å². The van der Waals surface area contributed by atoms with Crippen molar-refractivity contribution in [3.63, 3.8) is 0 Å². The topological polar surface area (TPSA) is 81.9 Å². The average molecular weight is 366 g/mol. The Hall–Kier alpha value is -3.27. The van der Waals surface area contributed by atoms with Crippen LogP contribution < -0.4 is 16.0 Å². The zero-order chi connectivity index (χ0) is 19.4. The summed E-state index contributed by atoms with van der Waals surface area (Å²) in [4.78, 5) is 33.1. The van der Waals surface area contributed by atoms with Gasteiger partial charge >= 0.3 is 5.69 Å². The normalized spacial score (nSPS) is 10.9. The lowest BCUT2D eigenvalue weighted by molar-refractivity contribution is 0.370. The van der Waals surface area contributed by atoms with E-state index in [9.17, 15) is 9.59 Å². The Kier molecular flexibility index (Phi) is 5.46. The van der Waals surface area contributed by atoms with Gasteiger partial charge in [-0.15, -0.1) is 6.42 Å². The van der Waals surface area contributed by atoms with Crippen molar-refractivity contribution in [2.24, 2.45) is 0 Å². The first-order valence-corrected chi connectivity index (χ1v) is 9.00. The van der Waals surface area contributed by atoms with Gasteiger partial charge in [0.05, 0.1) is 0 Å². The van der Waals surface area contributed by atoms with Gasteiger partial charge in [0.15, 0.2) is 5.65 Å². The Morgan fingerprint density at radius 2 is 1.78 bits per heavy atom. The van der Waals surface area contributed by atoms with E-state index in [4.69, 9.17) is 11.2 Å². The van der Waals surface area contributed by atoms with Crippen LogP contribution in [0.25, 0.3) is 22.6 Å². The van der Waals surface area contributed by atoms with Gasteiger partial charge in [-0.05, 0) is 37.1 Å². The number of terminal acetylenes is 1. The lowest BCUT2D eigenvalue weighted by atomic mass is 10.2. The van der Waals surface area contributed by atoms with Crippen LogP contribution in [0.2, 0.25) is 0 Å². The number of hydrogen-bond donors (Lipinski definition) is 1. The van der Waals surface area contributed by atoms with Gasteiger partial charge in [-0.3, -0.25) is 13.9 Å². The standard InChI is InChI=1S/C20H22N4O3/c1-4-11-23-18-16(19(25)24(12-5-2)20(23)26)21-17(22-18)14-7-9-15(10-8-14)27-13-6-3/h3,7-10H,4-5,11-13H2,1-2H3,(H,21,22). The number of imidazole rings is 1. The van der Waals surface area contributed by atoms with Gasteiger partial charge in [0.1, 0.15) is 23.7 Å². The van der Waals surface area contributed by atoms with E-state index in [1.54, 1.807) is 16.7 Å². The molecule has 0 radical (unpaired) electrons. The molecule has 27 heavy (non-hydrogen) atoms. The fraction of sp³-hybridized carbons (Fsp3) is 0.350. The number of benzene rings is 1. The highest BCUT2D eigenvalue weighted by atomic mass is 16.5. The van der Waals surface area contributed by atoms with Crippen LogP contribution in [-0.4, -0.2) is 25.7 Å². The van der Waals surface area contributed by atoms with Gasteiger partial charge in [-0.2, -0.15) is 0 Å². The summed E-state index contributed by atoms with van der Waals surface area (Å²) >= 11 is 0. The number of fused-ring (bicyclic) bond motifs is 1. The number of nitrogens with one attached hydrogen (secondary N) is 1. The first-order valence-electron chi connectivity index (χ1n) is 9.00. The van der Waals surface area contributed by atoms with Gasteiger partial charge in [-0.1, -0.05) is 19.8 Å². The van der Waals surface area contributed by atoms with Crippen molar-refractivity contribution in [3.05, 3.63) is 45.1 Å². The molecule has 7 heteroatoms. The van der Waals surface area contributed by atoms with Gasteiger partial charge in [0.25, 0.3) is 5.56 Å². The summed E-state index contributed by atoms with van der Waals surface area (Å²) in [6, 6.07) is 7.23. The van der Waals surface area contributed by atoms with Gasteiger partial charge < -0.3 is 9.72 Å². The highest BCUT2D eigenvalue weighted by Crippen LogP contribution is 2.21. The number of aromatic amines is 1. The molecule has 0 fully saturated rings. The van der Waals surface area contributed by atoms with Crippen molar-refractivity contribution in [1.29, 1.82) is 0 Å². The van der Waals surface area contributed by atoms with Crippen LogP contribution in [0.3, 0.4) is 0 Å². The van der Waals surface area contributed by atoms with E-state index in [-0.39, 0.29) is 17.9 Å². The van der Waals surface area contributed by atoms with E-state index in [0.717, 1.165) is 12.0 Å². The Morgan fingerprint density at radius 1 is 1.11 bits per heavy atom. The third kappa shape index (κ3) is 3.51. The number of ether oxygens (including phenoxy) is 1. The van der Waals surface area contributed by atoms with Crippen LogP contribution in [0.4, 0.5) is 0 Å². The molecule has 0 saturated carbocycles. The highest BCUT2D eigenvalue weighted by molar-refractivity contribution is 5.75. The number of aromatic nitrogens is 4. The fourth-order valence-corrected chi connectivity index (χ4v) is 2.98. The Morgan fingerprint density at radius 3 is 2.41 bits per heavy atom. The first kappa shape index (κ1) is 18.5. The minimum absolute atomic E-state index is 0.199. The Labute approximate surface area is 156 Å². The van der Waals surface area contributed by atoms with Crippen LogP contribution in [0, 0.1) is 12.3 Å². The van der Waals surface area contributed by atoms with E-state index >= 15 is 0 Å². The highest BCUT2D eigenvalue weighted by Gasteiger charge is 2.17. The molecule has 3 rings (SSSR count). The third-order valence-electron chi connectivity index (χ3n) is 4.21. The van der Waals surface area contributed by atoms with Gasteiger partial charge in [-0.25, -0.2) is 9.78 Å². The second-order valence-electron chi connectivity index (χ2n) is 6.19. The molecule has 3 aromatic rings. The number of hydrogen-bond acceptors (Lipinski definition) is 4. The number of nitrogens with zero attached hydrogens (tertiary/aromatic N) is 3. The smallest absolute Gasteiger partial charge is 0.332 e. The first-order chi connectivity index (χ1) is 13.1. The summed E-state index contributed by atoms with van der Waals surface area (Å²) in [5.74, 6) is 3.60. The quantitative estimate of drug-likeness (QED) is 0.651. The molecule has 0 aliphatic carbocycles. The zero-order valence-electron chi connectivity index (χ0n) is 15.5. The molecule has 0 bridgehead atoms. The molecule has 0 atom stereocenters. The Bertz CT molecular complexity index is 1100. The molecule has 140 valence electrons. The van der Waals surface area contributed by atoms with Gasteiger partial charge in [0, 0.05) is 18.7 Å². The maximum atomic E-state index is 12.8. The van der Waals surface area contributed by atoms with Gasteiger partial charge in [0.2, 0.25) is 0 Å². The van der Waals surface area contributed by atoms with Crippen LogP contribution in [0.1, 0.15) is 26.7 Å². The molecule has 2 aromatic heterocycles. The molecule has 0 spiro atoms. The van der Waals surface area contributed by atoms with Crippen molar-refractivity contribution in [2.45, 2.75) is 39.8 Å². The maximum absolute atomic E-state index is 12.8. The molecule has 1 N–H and O–H groups in total. The minimum atomic E-state index is -0.336. The summed E-state index contributed by atoms with van der Waals surface area (Å²) in [6.07, 6.45) is 6.66. The van der Waals surface area contributed by atoms with Crippen LogP contribution in [0.15, 0.2) is 33.9 Å². The fourth-order valence-electron chi connectivity index (χ4n) is 2.98. The molecule has 2 heterocycles. The predicted molar refractivity (Wildman–Crippen MR) is 105 cm³/mol. The molecule has 0 aliphatic heterocycles. The molecule has 0 aliphatic rings. The second-order valence-corrected chi connectivity index (χ2v) is 6.19. The van der Waals surface area contributed by atoms with E-state index in [0.29, 0.717) is 42.2 Å². The van der Waals surface area contributed by atoms with Crippen molar-refractivity contribution < 1.29 is 4.74 Å². The van der Waals surface area contributed by atoms with Crippen LogP contribution in [-0.2, 0) is 13.1 Å². The molecule has 0 saturated heterocycles. The minimum Gasteiger partial charge on any atom is -0.481 e. The average Bonchev–Trinajstić information content (AvgIpc) is 3.13. The molecule has 1 aromatic carbocycles. The SMILES string of the molecule is C#CCOc1ccc(-c2nc3c([nH]2)c(=O)n(CCC)c(=O)n3CCC)cc1. The summed E-state index contributed by atoms with van der Waals surface area (Å²) in [7, 11) is 0. The summed E-state index contributed by atoms with van der Waals surface area (Å²) < 4.78 is 8.21. The zero-order valence-corrected chi connectivity index (χ0v) is 15.5. The summed E-state index contributed by atoms with van der Waals surface area (Å²) in [5, 5.41) is 0. The summed E-state index contributed by atoms with van der Waals surface area (Å²) in [6.45, 7) is 5.00. The van der Waals surface area contributed by atoms with Crippen molar-refractivity contribution in [1.82, 2.24) is 19.1 Å². The third-order valence-corrected chi connectivity index (χ3v) is 4.21.